The van der Waals surface area contributed by atoms with Crippen molar-refractivity contribution < 1.29 is 13.2 Å². The van der Waals surface area contributed by atoms with E-state index in [4.69, 9.17) is 11.6 Å². The molecule has 0 unspecified atom stereocenters. The fourth-order valence-corrected chi connectivity index (χ4v) is 4.47. The van der Waals surface area contributed by atoms with Gasteiger partial charge in [-0.2, -0.15) is 0 Å². The van der Waals surface area contributed by atoms with Gasteiger partial charge in [0.05, 0.1) is 0 Å². The number of halogens is 4. The largest absolute Gasteiger partial charge is 0.206 e. The highest BCUT2D eigenvalue weighted by Crippen LogP contribution is 2.45. The minimum atomic E-state index is -0.740. The topological polar surface area (TPSA) is 0 Å². The molecule has 0 saturated carbocycles. The van der Waals surface area contributed by atoms with Gasteiger partial charge in [-0.05, 0) is 59.0 Å². The predicted molar refractivity (Wildman–Crippen MR) is 99.2 cm³/mol. The molecule has 0 fully saturated rings. The molecule has 1 aliphatic carbocycles. The molecule has 4 heteroatoms. The van der Waals surface area contributed by atoms with E-state index in [1.54, 1.807) is 12.1 Å². The molecule has 134 valence electrons. The fourth-order valence-electron chi connectivity index (χ4n) is 4.37. The van der Waals surface area contributed by atoms with Gasteiger partial charge in [0.1, 0.15) is 22.5 Å². The average Bonchev–Trinajstić information content (AvgIpc) is 2.64. The summed E-state index contributed by atoms with van der Waals surface area (Å²) in [5.41, 5.74) is 2.70. The molecule has 0 N–H and O–H groups in total. The van der Waals surface area contributed by atoms with Gasteiger partial charge in [-0.25, -0.2) is 13.2 Å². The van der Waals surface area contributed by atoms with E-state index in [1.807, 2.05) is 12.1 Å². The van der Waals surface area contributed by atoms with Crippen molar-refractivity contribution in [3.8, 4) is 0 Å². The predicted octanol–water partition coefficient (Wildman–Crippen LogP) is 7.01. The van der Waals surface area contributed by atoms with Crippen LogP contribution in [0.1, 0.15) is 42.4 Å². The van der Waals surface area contributed by atoms with E-state index in [-0.39, 0.29) is 17.7 Å². The first-order valence-electron chi connectivity index (χ1n) is 8.85. The smallest absolute Gasteiger partial charge is 0.145 e. The number of hydrogen-bond donors (Lipinski definition) is 0. The van der Waals surface area contributed by atoms with Crippen LogP contribution in [0.2, 0.25) is 5.02 Å². The van der Waals surface area contributed by atoms with Gasteiger partial charge in [0, 0.05) is 11.3 Å². The number of aryl methyl sites for hydroxylation is 1. The summed E-state index contributed by atoms with van der Waals surface area (Å²) in [6.07, 6.45) is 2.64. The van der Waals surface area contributed by atoms with Crippen LogP contribution in [-0.4, -0.2) is 0 Å². The molecule has 3 aromatic rings. The number of benzene rings is 3. The van der Waals surface area contributed by atoms with Gasteiger partial charge >= 0.3 is 0 Å². The lowest BCUT2D eigenvalue weighted by molar-refractivity contribution is 0.396. The molecule has 1 aliphatic rings. The monoisotopic (exact) mass is 374 g/mol. The first-order valence-corrected chi connectivity index (χ1v) is 9.23. The van der Waals surface area contributed by atoms with Crippen molar-refractivity contribution in [3.63, 3.8) is 0 Å². The molecule has 26 heavy (non-hydrogen) atoms. The Labute approximate surface area is 155 Å². The Bertz CT molecular complexity index is 973. The van der Waals surface area contributed by atoms with Crippen molar-refractivity contribution in [2.24, 2.45) is 5.92 Å². The van der Waals surface area contributed by atoms with Crippen LogP contribution in [0.25, 0.3) is 10.8 Å². The average molecular weight is 375 g/mol. The van der Waals surface area contributed by atoms with E-state index in [1.165, 1.54) is 18.2 Å². The van der Waals surface area contributed by atoms with Crippen LogP contribution in [0.3, 0.4) is 0 Å². The highest BCUT2D eigenvalue weighted by Gasteiger charge is 2.32. The van der Waals surface area contributed by atoms with Crippen molar-refractivity contribution in [3.05, 3.63) is 81.6 Å². The summed E-state index contributed by atoms with van der Waals surface area (Å²) >= 11 is 5.66. The van der Waals surface area contributed by atoms with Crippen molar-refractivity contribution in [2.75, 3.05) is 0 Å². The highest BCUT2D eigenvalue weighted by molar-refractivity contribution is 6.30. The Kier molecular flexibility index (Phi) is 4.44. The Balaban J connectivity index is 1.95. The molecule has 0 radical (unpaired) electrons. The van der Waals surface area contributed by atoms with E-state index in [2.05, 4.69) is 6.92 Å². The minimum absolute atomic E-state index is 0.127. The Morgan fingerprint density at radius 1 is 0.962 bits per heavy atom. The van der Waals surface area contributed by atoms with Crippen LogP contribution in [0, 0.1) is 23.4 Å². The number of hydrogen-bond acceptors (Lipinski definition) is 0. The zero-order valence-electron chi connectivity index (χ0n) is 14.3. The molecule has 2 atom stereocenters. The van der Waals surface area contributed by atoms with Crippen LogP contribution in [-0.2, 0) is 6.42 Å². The van der Waals surface area contributed by atoms with E-state index in [0.717, 1.165) is 35.8 Å². The molecular weight excluding hydrogens is 357 g/mol. The third-order valence-corrected chi connectivity index (χ3v) is 5.98. The normalized spacial score (nSPS) is 19.6. The maximum atomic E-state index is 14.2. The summed E-state index contributed by atoms with van der Waals surface area (Å²) < 4.78 is 42.3. The van der Waals surface area contributed by atoms with Crippen molar-refractivity contribution in [2.45, 2.75) is 32.1 Å². The standard InChI is InChI=1S/C22H18ClF3/c1-2-12-6-7-15-14-4-3-5-18(24)16(14)8-9-17(15)21(12)13-10-19(25)22(23)20(26)11-13/h3-5,8-12,21H,2,6-7H2,1H3/t12-,21-/m1/s1. The summed E-state index contributed by atoms with van der Waals surface area (Å²) in [6.45, 7) is 2.09. The van der Waals surface area contributed by atoms with E-state index < -0.39 is 16.7 Å². The van der Waals surface area contributed by atoms with Crippen molar-refractivity contribution >= 4 is 22.4 Å². The molecular formula is C22H18ClF3. The van der Waals surface area contributed by atoms with Crippen LogP contribution >= 0.6 is 11.6 Å². The first kappa shape index (κ1) is 17.4. The second-order valence-electron chi connectivity index (χ2n) is 6.95. The molecule has 0 bridgehead atoms. The van der Waals surface area contributed by atoms with Gasteiger partial charge < -0.3 is 0 Å². The lowest BCUT2D eigenvalue weighted by Gasteiger charge is -2.34. The number of rotatable bonds is 2. The van der Waals surface area contributed by atoms with Crippen LogP contribution in [0.15, 0.2) is 42.5 Å². The summed E-state index contributed by atoms with van der Waals surface area (Å²) in [5.74, 6) is -1.58. The molecule has 0 aromatic heterocycles. The molecule has 0 saturated heterocycles. The first-order chi connectivity index (χ1) is 12.5. The summed E-state index contributed by atoms with van der Waals surface area (Å²) in [7, 11) is 0. The third-order valence-electron chi connectivity index (χ3n) is 5.62. The Morgan fingerprint density at radius 3 is 2.38 bits per heavy atom. The van der Waals surface area contributed by atoms with Gasteiger partial charge in [0.25, 0.3) is 0 Å². The molecule has 0 spiro atoms. The minimum Gasteiger partial charge on any atom is -0.206 e. The summed E-state index contributed by atoms with van der Waals surface area (Å²) in [6, 6.07) is 11.4. The second-order valence-corrected chi connectivity index (χ2v) is 7.33. The van der Waals surface area contributed by atoms with Gasteiger partial charge in [0.2, 0.25) is 0 Å². The van der Waals surface area contributed by atoms with Gasteiger partial charge in [-0.1, -0.05) is 49.2 Å². The zero-order valence-corrected chi connectivity index (χ0v) is 15.1. The Morgan fingerprint density at radius 2 is 1.69 bits per heavy atom. The van der Waals surface area contributed by atoms with E-state index in [9.17, 15) is 13.2 Å². The van der Waals surface area contributed by atoms with Crippen molar-refractivity contribution in [1.82, 2.24) is 0 Å². The van der Waals surface area contributed by atoms with Gasteiger partial charge in [0.15, 0.2) is 0 Å². The highest BCUT2D eigenvalue weighted by atomic mass is 35.5. The quantitative estimate of drug-likeness (QED) is 0.423. The molecule has 0 amide bonds. The maximum Gasteiger partial charge on any atom is 0.145 e. The fraction of sp³-hybridized carbons (Fsp3) is 0.273. The van der Waals surface area contributed by atoms with Crippen LogP contribution in [0.4, 0.5) is 13.2 Å². The van der Waals surface area contributed by atoms with Crippen LogP contribution in [0.5, 0.6) is 0 Å². The van der Waals surface area contributed by atoms with Crippen molar-refractivity contribution in [1.29, 1.82) is 0 Å². The lowest BCUT2D eigenvalue weighted by Crippen LogP contribution is -2.22. The SMILES string of the molecule is CC[C@@H]1CCc2c(ccc3c(F)cccc23)[C@H]1c1cc(F)c(Cl)c(F)c1. The molecule has 4 rings (SSSR count). The molecule has 0 heterocycles. The third kappa shape index (κ3) is 2.69. The van der Waals surface area contributed by atoms with Gasteiger partial charge in [-0.15, -0.1) is 0 Å². The lowest BCUT2D eigenvalue weighted by atomic mass is 9.70. The maximum absolute atomic E-state index is 14.2. The number of fused-ring (bicyclic) bond motifs is 3. The van der Waals surface area contributed by atoms with E-state index >= 15 is 0 Å². The van der Waals surface area contributed by atoms with Crippen LogP contribution < -0.4 is 0 Å². The van der Waals surface area contributed by atoms with E-state index in [0.29, 0.717) is 10.9 Å². The second kappa shape index (κ2) is 6.62. The molecule has 0 aliphatic heterocycles. The summed E-state index contributed by atoms with van der Waals surface area (Å²) in [4.78, 5) is 0. The zero-order chi connectivity index (χ0) is 18.4. The van der Waals surface area contributed by atoms with Gasteiger partial charge in [-0.3, -0.25) is 0 Å². The Hall–Kier alpha value is -2.00. The summed E-state index contributed by atoms with van der Waals surface area (Å²) in [5, 5.41) is 1.00. The molecule has 3 aromatic carbocycles. The molecule has 0 nitrogen and oxygen atoms in total.